The third-order valence-electron chi connectivity index (χ3n) is 3.17. The molecular weight excluding hydrogens is 284 g/mol. The average molecular weight is 301 g/mol. The van der Waals surface area contributed by atoms with Crippen LogP contribution in [0.2, 0.25) is 4.34 Å². The summed E-state index contributed by atoms with van der Waals surface area (Å²) in [5.74, 6) is 0.202. The molecule has 0 radical (unpaired) electrons. The molecule has 1 saturated heterocycles. The van der Waals surface area contributed by atoms with Gasteiger partial charge in [0.1, 0.15) is 0 Å². The van der Waals surface area contributed by atoms with Crippen molar-refractivity contribution in [3.63, 3.8) is 0 Å². The molecule has 0 atom stereocenters. The number of halogens is 1. The van der Waals surface area contributed by atoms with Crippen LogP contribution in [0.3, 0.4) is 0 Å². The number of hydrogen-bond donors (Lipinski definition) is 0. The minimum Gasteiger partial charge on any atom is -0.339 e. The molecule has 2 amide bonds. The van der Waals surface area contributed by atoms with E-state index >= 15 is 0 Å². The number of carbonyl (C=O) groups excluding carboxylic acids is 2. The maximum Gasteiger partial charge on any atom is 0.264 e. The van der Waals surface area contributed by atoms with Crippen molar-refractivity contribution in [2.75, 3.05) is 26.2 Å². The Morgan fingerprint density at radius 2 is 1.84 bits per heavy atom. The zero-order chi connectivity index (χ0) is 13.8. The number of carbonyl (C=O) groups is 2. The fourth-order valence-corrected chi connectivity index (χ4v) is 3.13. The first kappa shape index (κ1) is 14.3. The van der Waals surface area contributed by atoms with Gasteiger partial charge >= 0.3 is 0 Å². The lowest BCUT2D eigenvalue weighted by Gasteiger charge is -2.34. The summed E-state index contributed by atoms with van der Waals surface area (Å²) in [7, 11) is 0. The third kappa shape index (κ3) is 3.48. The Hall–Kier alpha value is -1.07. The average Bonchev–Trinajstić information content (AvgIpc) is 2.85. The van der Waals surface area contributed by atoms with Crippen LogP contribution in [0.1, 0.15) is 29.4 Å². The highest BCUT2D eigenvalue weighted by Crippen LogP contribution is 2.23. The van der Waals surface area contributed by atoms with Gasteiger partial charge in [-0.25, -0.2) is 0 Å². The van der Waals surface area contributed by atoms with E-state index in [1.54, 1.807) is 17.0 Å². The largest absolute Gasteiger partial charge is 0.339 e. The summed E-state index contributed by atoms with van der Waals surface area (Å²) in [6.07, 6.45) is 1.46. The van der Waals surface area contributed by atoms with Gasteiger partial charge in [-0.1, -0.05) is 18.5 Å². The Kier molecular flexibility index (Phi) is 4.82. The molecule has 0 bridgehead atoms. The molecule has 1 aromatic rings. The Labute approximate surface area is 121 Å². The van der Waals surface area contributed by atoms with E-state index in [4.69, 9.17) is 11.6 Å². The lowest BCUT2D eigenvalue weighted by molar-refractivity contribution is -0.132. The molecule has 1 aromatic heterocycles. The quantitative estimate of drug-likeness (QED) is 0.860. The molecule has 0 aromatic carbocycles. The van der Waals surface area contributed by atoms with Crippen LogP contribution in [0.15, 0.2) is 12.1 Å². The Bertz CT molecular complexity index is 467. The molecule has 2 heterocycles. The summed E-state index contributed by atoms with van der Waals surface area (Å²) in [5.41, 5.74) is 0. The zero-order valence-corrected chi connectivity index (χ0v) is 12.5. The minimum atomic E-state index is 0.0134. The molecule has 2 rings (SSSR count). The van der Waals surface area contributed by atoms with Gasteiger partial charge in [0.2, 0.25) is 5.91 Å². The van der Waals surface area contributed by atoms with E-state index in [2.05, 4.69) is 0 Å². The molecule has 1 aliphatic heterocycles. The monoisotopic (exact) mass is 300 g/mol. The van der Waals surface area contributed by atoms with Gasteiger partial charge in [0.05, 0.1) is 9.21 Å². The molecule has 0 N–H and O–H groups in total. The second-order valence-electron chi connectivity index (χ2n) is 4.53. The lowest BCUT2D eigenvalue weighted by Crippen LogP contribution is -2.50. The van der Waals surface area contributed by atoms with E-state index in [1.807, 2.05) is 11.8 Å². The predicted molar refractivity (Wildman–Crippen MR) is 76.7 cm³/mol. The topological polar surface area (TPSA) is 40.6 Å². The van der Waals surface area contributed by atoms with Crippen molar-refractivity contribution in [2.45, 2.75) is 19.8 Å². The van der Waals surface area contributed by atoms with Crippen LogP contribution in [-0.4, -0.2) is 47.8 Å². The van der Waals surface area contributed by atoms with Gasteiger partial charge in [0.25, 0.3) is 5.91 Å². The molecule has 1 aliphatic rings. The second kappa shape index (κ2) is 6.39. The number of nitrogens with zero attached hydrogens (tertiary/aromatic N) is 2. The van der Waals surface area contributed by atoms with Crippen LogP contribution in [0.4, 0.5) is 0 Å². The molecule has 0 saturated carbocycles. The minimum absolute atomic E-state index is 0.0134. The summed E-state index contributed by atoms with van der Waals surface area (Å²) in [5, 5.41) is 0. The van der Waals surface area contributed by atoms with Crippen LogP contribution < -0.4 is 0 Å². The summed E-state index contributed by atoms with van der Waals surface area (Å²) < 4.78 is 0.625. The van der Waals surface area contributed by atoms with E-state index in [-0.39, 0.29) is 11.8 Å². The maximum atomic E-state index is 12.2. The van der Waals surface area contributed by atoms with Crippen LogP contribution in [0, 0.1) is 0 Å². The van der Waals surface area contributed by atoms with E-state index in [9.17, 15) is 9.59 Å². The maximum absolute atomic E-state index is 12.2. The van der Waals surface area contributed by atoms with Gasteiger partial charge in [0, 0.05) is 32.6 Å². The number of piperazine rings is 1. The van der Waals surface area contributed by atoms with Crippen LogP contribution >= 0.6 is 22.9 Å². The normalized spacial score (nSPS) is 15.7. The van der Waals surface area contributed by atoms with Gasteiger partial charge in [-0.3, -0.25) is 9.59 Å². The SMILES string of the molecule is CCCC(=O)N1CCN(C(=O)c2ccc(Cl)s2)CC1. The van der Waals surface area contributed by atoms with Crippen molar-refractivity contribution < 1.29 is 9.59 Å². The van der Waals surface area contributed by atoms with Crippen molar-refractivity contribution in [2.24, 2.45) is 0 Å². The van der Waals surface area contributed by atoms with Crippen LogP contribution in [0.25, 0.3) is 0 Å². The molecule has 6 heteroatoms. The van der Waals surface area contributed by atoms with Gasteiger partial charge in [0.15, 0.2) is 0 Å². The first-order valence-corrected chi connectivity index (χ1v) is 7.63. The van der Waals surface area contributed by atoms with Crippen molar-refractivity contribution in [3.05, 3.63) is 21.3 Å². The molecule has 1 fully saturated rings. The third-order valence-corrected chi connectivity index (χ3v) is 4.39. The summed E-state index contributed by atoms with van der Waals surface area (Å²) >= 11 is 7.14. The van der Waals surface area contributed by atoms with Crippen molar-refractivity contribution in [3.8, 4) is 0 Å². The first-order valence-electron chi connectivity index (χ1n) is 6.44. The van der Waals surface area contributed by atoms with Crippen molar-refractivity contribution >= 4 is 34.8 Å². The van der Waals surface area contributed by atoms with Crippen molar-refractivity contribution in [1.82, 2.24) is 9.80 Å². The molecule has 0 aliphatic carbocycles. The highest BCUT2D eigenvalue weighted by molar-refractivity contribution is 7.17. The number of hydrogen-bond acceptors (Lipinski definition) is 3. The smallest absolute Gasteiger partial charge is 0.264 e. The Morgan fingerprint density at radius 1 is 1.21 bits per heavy atom. The standard InChI is InChI=1S/C13H17ClN2O2S/c1-2-3-12(17)15-6-8-16(9-7-15)13(18)10-4-5-11(14)19-10/h4-5H,2-3,6-9H2,1H3. The molecule has 19 heavy (non-hydrogen) atoms. The Morgan fingerprint density at radius 3 is 2.37 bits per heavy atom. The molecule has 0 spiro atoms. The number of rotatable bonds is 3. The Balaban J connectivity index is 1.89. The lowest BCUT2D eigenvalue weighted by atomic mass is 10.2. The highest BCUT2D eigenvalue weighted by Gasteiger charge is 2.25. The fraction of sp³-hybridized carbons (Fsp3) is 0.538. The fourth-order valence-electron chi connectivity index (χ4n) is 2.12. The van der Waals surface area contributed by atoms with Gasteiger partial charge < -0.3 is 9.80 Å². The van der Waals surface area contributed by atoms with Gasteiger partial charge in [-0.15, -0.1) is 11.3 Å². The van der Waals surface area contributed by atoms with Crippen molar-refractivity contribution in [1.29, 1.82) is 0 Å². The van der Waals surface area contributed by atoms with Gasteiger partial charge in [-0.05, 0) is 18.6 Å². The molecule has 0 unspecified atom stereocenters. The summed E-state index contributed by atoms with van der Waals surface area (Å²) in [4.78, 5) is 28.2. The first-order chi connectivity index (χ1) is 9.11. The van der Waals surface area contributed by atoms with E-state index in [0.29, 0.717) is 41.8 Å². The van der Waals surface area contributed by atoms with E-state index in [1.165, 1.54) is 11.3 Å². The molecular formula is C13H17ClN2O2S. The van der Waals surface area contributed by atoms with Crippen LogP contribution in [0.5, 0.6) is 0 Å². The molecule has 104 valence electrons. The number of thiophene rings is 1. The van der Waals surface area contributed by atoms with Gasteiger partial charge in [-0.2, -0.15) is 0 Å². The van der Waals surface area contributed by atoms with E-state index < -0.39 is 0 Å². The van der Waals surface area contributed by atoms with Crippen LogP contribution in [-0.2, 0) is 4.79 Å². The predicted octanol–water partition coefficient (Wildman–Crippen LogP) is 2.49. The van der Waals surface area contributed by atoms with E-state index in [0.717, 1.165) is 6.42 Å². The highest BCUT2D eigenvalue weighted by atomic mass is 35.5. The zero-order valence-electron chi connectivity index (χ0n) is 10.9. The molecule has 4 nitrogen and oxygen atoms in total. The second-order valence-corrected chi connectivity index (χ2v) is 6.24. The number of amides is 2. The summed E-state index contributed by atoms with van der Waals surface area (Å²) in [6, 6.07) is 3.49. The summed E-state index contributed by atoms with van der Waals surface area (Å²) in [6.45, 7) is 4.46.